The molecule has 0 saturated heterocycles. The predicted molar refractivity (Wildman–Crippen MR) is 118 cm³/mol. The first-order valence-corrected chi connectivity index (χ1v) is 9.74. The van der Waals surface area contributed by atoms with E-state index in [4.69, 9.17) is 9.47 Å². The highest BCUT2D eigenvalue weighted by molar-refractivity contribution is 5.95. The SMILES string of the molecule is C=CCc1cc(C(=O)NCc2c(C)nn(-c3ccccc3)c2C)cc(OC)c1OC. The Hall–Kier alpha value is -3.54. The van der Waals surface area contributed by atoms with E-state index in [9.17, 15) is 4.79 Å². The van der Waals surface area contributed by atoms with Gasteiger partial charge in [-0.05, 0) is 44.5 Å². The molecule has 0 spiro atoms. The zero-order valence-electron chi connectivity index (χ0n) is 17.9. The van der Waals surface area contributed by atoms with Crippen LogP contribution in [0.2, 0.25) is 0 Å². The molecule has 2 aromatic carbocycles. The Bertz CT molecular complexity index is 1060. The van der Waals surface area contributed by atoms with Gasteiger partial charge in [-0.2, -0.15) is 5.10 Å². The molecule has 0 atom stereocenters. The number of hydrogen-bond acceptors (Lipinski definition) is 4. The van der Waals surface area contributed by atoms with E-state index in [1.54, 1.807) is 26.4 Å². The van der Waals surface area contributed by atoms with Gasteiger partial charge >= 0.3 is 0 Å². The maximum atomic E-state index is 12.9. The Morgan fingerprint density at radius 3 is 2.53 bits per heavy atom. The first-order valence-electron chi connectivity index (χ1n) is 9.74. The van der Waals surface area contributed by atoms with Crippen LogP contribution in [0.1, 0.15) is 32.9 Å². The van der Waals surface area contributed by atoms with Crippen molar-refractivity contribution >= 4 is 5.91 Å². The number of nitrogens with zero attached hydrogens (tertiary/aromatic N) is 2. The van der Waals surface area contributed by atoms with E-state index < -0.39 is 0 Å². The van der Waals surface area contributed by atoms with Crippen molar-refractivity contribution in [1.82, 2.24) is 15.1 Å². The number of rotatable bonds is 8. The molecule has 1 aromatic heterocycles. The molecule has 0 aliphatic carbocycles. The molecule has 0 bridgehead atoms. The number of aryl methyl sites for hydroxylation is 1. The van der Waals surface area contributed by atoms with E-state index in [-0.39, 0.29) is 5.91 Å². The number of hydrogen-bond donors (Lipinski definition) is 1. The summed E-state index contributed by atoms with van der Waals surface area (Å²) in [6.45, 7) is 8.12. The van der Waals surface area contributed by atoms with Gasteiger partial charge in [0.1, 0.15) is 0 Å². The van der Waals surface area contributed by atoms with Crippen molar-refractivity contribution in [2.45, 2.75) is 26.8 Å². The van der Waals surface area contributed by atoms with Crippen molar-refractivity contribution in [3.63, 3.8) is 0 Å². The molecule has 3 rings (SSSR count). The van der Waals surface area contributed by atoms with Gasteiger partial charge in [-0.25, -0.2) is 4.68 Å². The highest BCUT2D eigenvalue weighted by atomic mass is 16.5. The van der Waals surface area contributed by atoms with Gasteiger partial charge in [-0.15, -0.1) is 6.58 Å². The molecular formula is C24H27N3O3. The molecule has 1 heterocycles. The summed E-state index contributed by atoms with van der Waals surface area (Å²) in [7, 11) is 3.14. The largest absolute Gasteiger partial charge is 0.493 e. The molecule has 1 N–H and O–H groups in total. The maximum absolute atomic E-state index is 12.9. The van der Waals surface area contributed by atoms with E-state index in [0.717, 1.165) is 28.2 Å². The minimum atomic E-state index is -0.187. The average Bonchev–Trinajstić information content (AvgIpc) is 3.05. The Morgan fingerprint density at radius 1 is 1.17 bits per heavy atom. The van der Waals surface area contributed by atoms with Crippen LogP contribution in [0.3, 0.4) is 0 Å². The van der Waals surface area contributed by atoms with Crippen LogP contribution in [0.15, 0.2) is 55.1 Å². The van der Waals surface area contributed by atoms with E-state index in [1.807, 2.05) is 54.9 Å². The minimum Gasteiger partial charge on any atom is -0.493 e. The summed E-state index contributed by atoms with van der Waals surface area (Å²) in [6, 6.07) is 13.4. The molecule has 0 radical (unpaired) electrons. The third-order valence-electron chi connectivity index (χ3n) is 5.05. The summed E-state index contributed by atoms with van der Waals surface area (Å²) in [5.74, 6) is 0.948. The quantitative estimate of drug-likeness (QED) is 0.572. The topological polar surface area (TPSA) is 65.4 Å². The lowest BCUT2D eigenvalue weighted by Crippen LogP contribution is -2.23. The van der Waals surface area contributed by atoms with Crippen LogP contribution in [-0.4, -0.2) is 29.9 Å². The highest BCUT2D eigenvalue weighted by Gasteiger charge is 2.17. The molecule has 156 valence electrons. The summed E-state index contributed by atoms with van der Waals surface area (Å²) < 4.78 is 12.8. The Morgan fingerprint density at radius 2 is 1.90 bits per heavy atom. The van der Waals surface area contributed by atoms with Gasteiger partial charge in [0.05, 0.1) is 25.6 Å². The van der Waals surface area contributed by atoms with Gasteiger partial charge in [0.15, 0.2) is 11.5 Å². The van der Waals surface area contributed by atoms with Gasteiger partial charge in [0, 0.05) is 28.9 Å². The zero-order valence-corrected chi connectivity index (χ0v) is 17.9. The summed E-state index contributed by atoms with van der Waals surface area (Å²) in [4.78, 5) is 12.9. The monoisotopic (exact) mass is 405 g/mol. The molecule has 0 aliphatic rings. The van der Waals surface area contributed by atoms with Crippen LogP contribution in [0.4, 0.5) is 0 Å². The third-order valence-corrected chi connectivity index (χ3v) is 5.05. The predicted octanol–water partition coefficient (Wildman–Crippen LogP) is 4.16. The van der Waals surface area contributed by atoms with Crippen molar-refractivity contribution in [2.75, 3.05) is 14.2 Å². The van der Waals surface area contributed by atoms with Gasteiger partial charge < -0.3 is 14.8 Å². The van der Waals surface area contributed by atoms with E-state index in [0.29, 0.717) is 30.0 Å². The number of benzene rings is 2. The number of nitrogens with one attached hydrogen (secondary N) is 1. The molecule has 1 amide bonds. The van der Waals surface area contributed by atoms with E-state index >= 15 is 0 Å². The summed E-state index contributed by atoms with van der Waals surface area (Å²) >= 11 is 0. The van der Waals surface area contributed by atoms with Crippen LogP contribution >= 0.6 is 0 Å². The first-order chi connectivity index (χ1) is 14.5. The van der Waals surface area contributed by atoms with Crippen LogP contribution in [0.25, 0.3) is 5.69 Å². The second-order valence-electron chi connectivity index (χ2n) is 6.94. The maximum Gasteiger partial charge on any atom is 0.251 e. The zero-order chi connectivity index (χ0) is 21.7. The molecule has 0 fully saturated rings. The van der Waals surface area contributed by atoms with E-state index in [2.05, 4.69) is 17.0 Å². The molecule has 3 aromatic rings. The number of carbonyl (C=O) groups is 1. The third kappa shape index (κ3) is 4.22. The Labute approximate surface area is 177 Å². The normalized spacial score (nSPS) is 10.5. The minimum absolute atomic E-state index is 0.187. The molecule has 30 heavy (non-hydrogen) atoms. The fourth-order valence-electron chi connectivity index (χ4n) is 3.50. The lowest BCUT2D eigenvalue weighted by molar-refractivity contribution is 0.0950. The summed E-state index contributed by atoms with van der Waals surface area (Å²) in [5.41, 5.74) is 5.23. The lowest BCUT2D eigenvalue weighted by atomic mass is 10.0. The van der Waals surface area contributed by atoms with Crippen LogP contribution in [-0.2, 0) is 13.0 Å². The fourth-order valence-corrected chi connectivity index (χ4v) is 3.50. The second kappa shape index (κ2) is 9.31. The molecule has 0 saturated carbocycles. The number of para-hydroxylation sites is 1. The number of ether oxygens (including phenoxy) is 2. The number of amides is 1. The van der Waals surface area contributed by atoms with Crippen LogP contribution in [0, 0.1) is 13.8 Å². The number of allylic oxidation sites excluding steroid dienone is 1. The number of carbonyl (C=O) groups excluding carboxylic acids is 1. The summed E-state index contributed by atoms with van der Waals surface area (Å²) in [6.07, 6.45) is 2.34. The standard InChI is InChI=1S/C24H27N3O3/c1-6-10-18-13-19(14-22(29-4)23(18)30-5)24(28)25-15-21-16(2)26-27(17(21)3)20-11-8-7-9-12-20/h6-9,11-14H,1,10,15H2,2-5H3,(H,25,28). The van der Waals surface area contributed by atoms with Crippen molar-refractivity contribution in [2.24, 2.45) is 0 Å². The highest BCUT2D eigenvalue weighted by Crippen LogP contribution is 2.33. The smallest absolute Gasteiger partial charge is 0.251 e. The Kier molecular flexibility index (Phi) is 6.57. The lowest BCUT2D eigenvalue weighted by Gasteiger charge is -2.14. The fraction of sp³-hybridized carbons (Fsp3) is 0.250. The molecule has 6 heteroatoms. The number of methoxy groups -OCH3 is 2. The average molecular weight is 405 g/mol. The van der Waals surface area contributed by atoms with Crippen molar-refractivity contribution in [3.05, 3.63) is 83.2 Å². The van der Waals surface area contributed by atoms with Gasteiger partial charge in [0.25, 0.3) is 5.91 Å². The summed E-state index contributed by atoms with van der Waals surface area (Å²) in [5, 5.41) is 7.64. The van der Waals surface area contributed by atoms with Crippen LogP contribution in [0.5, 0.6) is 11.5 Å². The van der Waals surface area contributed by atoms with Gasteiger partial charge in [0.2, 0.25) is 0 Å². The van der Waals surface area contributed by atoms with Gasteiger partial charge in [-0.1, -0.05) is 24.3 Å². The molecular weight excluding hydrogens is 378 g/mol. The molecule has 0 unspecified atom stereocenters. The van der Waals surface area contributed by atoms with Gasteiger partial charge in [-0.3, -0.25) is 4.79 Å². The van der Waals surface area contributed by atoms with Crippen molar-refractivity contribution in [3.8, 4) is 17.2 Å². The van der Waals surface area contributed by atoms with Crippen molar-refractivity contribution in [1.29, 1.82) is 0 Å². The van der Waals surface area contributed by atoms with Crippen molar-refractivity contribution < 1.29 is 14.3 Å². The molecule has 0 aliphatic heterocycles. The number of aromatic nitrogens is 2. The van der Waals surface area contributed by atoms with E-state index in [1.165, 1.54) is 0 Å². The first kappa shape index (κ1) is 21.2. The Balaban J connectivity index is 1.83. The van der Waals surface area contributed by atoms with Crippen LogP contribution < -0.4 is 14.8 Å². The second-order valence-corrected chi connectivity index (χ2v) is 6.94. The molecule has 6 nitrogen and oxygen atoms in total.